The highest BCUT2D eigenvalue weighted by Gasteiger charge is 2.22. The normalized spacial score (nSPS) is 15.3. The van der Waals surface area contributed by atoms with Gasteiger partial charge in [-0.15, -0.1) is 11.3 Å². The van der Waals surface area contributed by atoms with Gasteiger partial charge in [0, 0.05) is 31.4 Å². The molecule has 152 valence electrons. The van der Waals surface area contributed by atoms with Gasteiger partial charge in [-0.2, -0.15) is 5.10 Å². The van der Waals surface area contributed by atoms with E-state index in [0.29, 0.717) is 29.4 Å². The average molecular weight is 431 g/mol. The van der Waals surface area contributed by atoms with E-state index in [1.54, 1.807) is 4.68 Å². The SMILES string of the molecule is Cc1nn(-c2ccccc2Cl)c2sc(C(=O)NC[C@H](C)CN3CCCC3=O)cc12. The number of aromatic nitrogens is 2. The Balaban J connectivity index is 1.48. The molecule has 1 fully saturated rings. The third-order valence-corrected chi connectivity index (χ3v) is 6.59. The lowest BCUT2D eigenvalue weighted by molar-refractivity contribution is -0.128. The largest absolute Gasteiger partial charge is 0.351 e. The van der Waals surface area contributed by atoms with Crippen LogP contribution in [0.15, 0.2) is 30.3 Å². The standard InChI is InChI=1S/C21H23ClN4O2S/c1-13(12-25-9-5-8-19(25)27)11-23-20(28)18-10-15-14(2)24-26(21(15)29-18)17-7-4-3-6-16(17)22/h3-4,6-7,10,13H,5,8-9,11-12H2,1-2H3,(H,23,28)/t13-/m0/s1. The van der Waals surface area contributed by atoms with Gasteiger partial charge < -0.3 is 10.2 Å². The van der Waals surface area contributed by atoms with Crippen LogP contribution in [0.5, 0.6) is 0 Å². The molecule has 1 aliphatic heterocycles. The molecule has 3 aromatic rings. The molecule has 0 bridgehead atoms. The van der Waals surface area contributed by atoms with Gasteiger partial charge in [0.1, 0.15) is 4.83 Å². The predicted octanol–water partition coefficient (Wildman–Crippen LogP) is 4.04. The lowest BCUT2D eigenvalue weighted by atomic mass is 10.1. The molecule has 0 spiro atoms. The summed E-state index contributed by atoms with van der Waals surface area (Å²) in [6.07, 6.45) is 1.57. The second-order valence-corrected chi connectivity index (χ2v) is 8.97. The maximum atomic E-state index is 12.7. The van der Waals surface area contributed by atoms with E-state index in [2.05, 4.69) is 17.3 Å². The van der Waals surface area contributed by atoms with Crippen LogP contribution in [0, 0.1) is 12.8 Å². The molecule has 0 aliphatic carbocycles. The zero-order chi connectivity index (χ0) is 20.5. The fourth-order valence-electron chi connectivity index (χ4n) is 3.64. The minimum atomic E-state index is -0.101. The Labute approximate surface area is 178 Å². The first-order valence-corrected chi connectivity index (χ1v) is 10.9. The highest BCUT2D eigenvalue weighted by Crippen LogP contribution is 2.32. The molecule has 1 N–H and O–H groups in total. The van der Waals surface area contributed by atoms with Crippen molar-refractivity contribution < 1.29 is 9.59 Å². The number of aryl methyl sites for hydroxylation is 1. The minimum absolute atomic E-state index is 0.101. The van der Waals surface area contributed by atoms with Crippen LogP contribution < -0.4 is 5.32 Å². The maximum Gasteiger partial charge on any atom is 0.261 e. The molecule has 3 heterocycles. The van der Waals surface area contributed by atoms with Crippen LogP contribution in [0.4, 0.5) is 0 Å². The number of likely N-dealkylation sites (tertiary alicyclic amines) is 1. The maximum absolute atomic E-state index is 12.7. The van der Waals surface area contributed by atoms with E-state index in [1.165, 1.54) is 11.3 Å². The first kappa shape index (κ1) is 19.9. The lowest BCUT2D eigenvalue weighted by Gasteiger charge is -2.20. The van der Waals surface area contributed by atoms with Crippen LogP contribution in [0.2, 0.25) is 5.02 Å². The monoisotopic (exact) mass is 430 g/mol. The summed E-state index contributed by atoms with van der Waals surface area (Å²) >= 11 is 7.75. The number of fused-ring (bicyclic) bond motifs is 1. The van der Waals surface area contributed by atoms with Crippen molar-refractivity contribution in [1.29, 1.82) is 0 Å². The number of rotatable bonds is 6. The Hall–Kier alpha value is -2.38. The third kappa shape index (κ3) is 4.02. The summed E-state index contributed by atoms with van der Waals surface area (Å²) in [7, 11) is 0. The van der Waals surface area contributed by atoms with E-state index >= 15 is 0 Å². The number of thiophene rings is 1. The number of nitrogens with one attached hydrogen (secondary N) is 1. The number of hydrogen-bond donors (Lipinski definition) is 1. The van der Waals surface area contributed by atoms with Gasteiger partial charge in [0.15, 0.2) is 0 Å². The van der Waals surface area contributed by atoms with E-state index in [9.17, 15) is 9.59 Å². The molecule has 1 aliphatic rings. The van der Waals surface area contributed by atoms with E-state index in [4.69, 9.17) is 11.6 Å². The molecule has 1 saturated heterocycles. The second-order valence-electron chi connectivity index (χ2n) is 7.54. The van der Waals surface area contributed by atoms with Crippen molar-refractivity contribution in [2.45, 2.75) is 26.7 Å². The first-order valence-electron chi connectivity index (χ1n) is 9.74. The summed E-state index contributed by atoms with van der Waals surface area (Å²) in [5, 5.41) is 9.17. The van der Waals surface area contributed by atoms with Gasteiger partial charge in [0.2, 0.25) is 5.91 Å². The van der Waals surface area contributed by atoms with Gasteiger partial charge in [-0.3, -0.25) is 9.59 Å². The number of carbonyl (C=O) groups is 2. The van der Waals surface area contributed by atoms with Crippen LogP contribution in [-0.4, -0.2) is 46.1 Å². The quantitative estimate of drug-likeness (QED) is 0.641. The molecule has 29 heavy (non-hydrogen) atoms. The van der Waals surface area contributed by atoms with Gasteiger partial charge in [0.25, 0.3) is 5.91 Å². The smallest absolute Gasteiger partial charge is 0.261 e. The van der Waals surface area contributed by atoms with Crippen molar-refractivity contribution in [2.75, 3.05) is 19.6 Å². The fourth-order valence-corrected chi connectivity index (χ4v) is 4.95. The molecule has 1 atom stereocenters. The van der Waals surface area contributed by atoms with Gasteiger partial charge in [-0.1, -0.05) is 30.7 Å². The topological polar surface area (TPSA) is 67.2 Å². The zero-order valence-electron chi connectivity index (χ0n) is 16.4. The van der Waals surface area contributed by atoms with Crippen LogP contribution in [0.1, 0.15) is 35.1 Å². The summed E-state index contributed by atoms with van der Waals surface area (Å²) in [4.78, 5) is 27.9. The van der Waals surface area contributed by atoms with Crippen molar-refractivity contribution in [3.05, 3.63) is 45.9 Å². The van der Waals surface area contributed by atoms with Crippen LogP contribution in [0.25, 0.3) is 15.9 Å². The number of benzene rings is 1. The summed E-state index contributed by atoms with van der Waals surface area (Å²) in [5.74, 6) is 0.318. The van der Waals surface area contributed by atoms with E-state index < -0.39 is 0 Å². The van der Waals surface area contributed by atoms with Gasteiger partial charge in [-0.05, 0) is 37.5 Å². The third-order valence-electron chi connectivity index (χ3n) is 5.16. The molecule has 4 rings (SSSR count). The van der Waals surface area contributed by atoms with Crippen molar-refractivity contribution in [2.24, 2.45) is 5.92 Å². The van der Waals surface area contributed by atoms with Crippen LogP contribution in [0.3, 0.4) is 0 Å². The fraction of sp³-hybridized carbons (Fsp3) is 0.381. The molecule has 2 aromatic heterocycles. The van der Waals surface area contributed by atoms with E-state index in [-0.39, 0.29) is 17.7 Å². The Bertz CT molecular complexity index is 1070. The van der Waals surface area contributed by atoms with Crippen molar-refractivity contribution in [3.63, 3.8) is 0 Å². The van der Waals surface area contributed by atoms with Gasteiger partial charge in [0.05, 0.1) is 21.3 Å². The Kier molecular flexibility index (Phi) is 5.61. The number of amides is 2. The van der Waals surface area contributed by atoms with Gasteiger partial charge >= 0.3 is 0 Å². The molecular formula is C21H23ClN4O2S. The lowest BCUT2D eigenvalue weighted by Crippen LogP contribution is -2.35. The summed E-state index contributed by atoms with van der Waals surface area (Å²) in [5.41, 5.74) is 1.65. The second kappa shape index (κ2) is 8.16. The first-order chi connectivity index (χ1) is 13.9. The number of hydrogen-bond acceptors (Lipinski definition) is 4. The minimum Gasteiger partial charge on any atom is -0.351 e. The molecule has 2 amide bonds. The van der Waals surface area contributed by atoms with E-state index in [0.717, 1.165) is 34.6 Å². The number of carbonyl (C=O) groups excluding carboxylic acids is 2. The number of halogens is 1. The van der Waals surface area contributed by atoms with Crippen molar-refractivity contribution in [1.82, 2.24) is 20.0 Å². The van der Waals surface area contributed by atoms with Gasteiger partial charge in [-0.25, -0.2) is 4.68 Å². The number of nitrogens with zero attached hydrogens (tertiary/aromatic N) is 3. The zero-order valence-corrected chi connectivity index (χ0v) is 18.0. The molecule has 0 unspecified atom stereocenters. The van der Waals surface area contributed by atoms with E-state index in [1.807, 2.05) is 42.2 Å². The molecule has 1 aromatic carbocycles. The summed E-state index contributed by atoms with van der Waals surface area (Å²) in [6.45, 7) is 6.03. The highest BCUT2D eigenvalue weighted by atomic mass is 35.5. The van der Waals surface area contributed by atoms with Crippen LogP contribution >= 0.6 is 22.9 Å². The summed E-state index contributed by atoms with van der Waals surface area (Å²) < 4.78 is 1.80. The Morgan fingerprint density at radius 1 is 1.38 bits per heavy atom. The van der Waals surface area contributed by atoms with Crippen molar-refractivity contribution >= 4 is 45.0 Å². The predicted molar refractivity (Wildman–Crippen MR) is 116 cm³/mol. The Morgan fingerprint density at radius 3 is 2.90 bits per heavy atom. The average Bonchev–Trinajstić information content (AvgIpc) is 3.38. The molecule has 0 saturated carbocycles. The molecule has 0 radical (unpaired) electrons. The van der Waals surface area contributed by atoms with Crippen LogP contribution in [-0.2, 0) is 4.79 Å². The molecule has 6 nitrogen and oxygen atoms in total. The number of para-hydroxylation sites is 1. The Morgan fingerprint density at radius 2 is 2.17 bits per heavy atom. The molecular weight excluding hydrogens is 408 g/mol. The molecule has 8 heteroatoms. The highest BCUT2D eigenvalue weighted by molar-refractivity contribution is 7.20. The van der Waals surface area contributed by atoms with Crippen molar-refractivity contribution in [3.8, 4) is 5.69 Å². The summed E-state index contributed by atoms with van der Waals surface area (Å²) in [6, 6.07) is 9.42.